The van der Waals surface area contributed by atoms with Crippen molar-refractivity contribution in [2.75, 3.05) is 0 Å². The van der Waals surface area contributed by atoms with E-state index in [1.54, 1.807) is 0 Å². The van der Waals surface area contributed by atoms with E-state index in [1.807, 2.05) is 0 Å². The number of fused-ring (bicyclic) bond motifs is 1. The van der Waals surface area contributed by atoms with Crippen LogP contribution in [0.1, 0.15) is 24.7 Å². The molecule has 1 heterocycles. The van der Waals surface area contributed by atoms with Gasteiger partial charge >= 0.3 is 0 Å². The van der Waals surface area contributed by atoms with E-state index in [0.29, 0.717) is 6.54 Å². The molecule has 0 aliphatic rings. The molecule has 0 bridgehead atoms. The molecule has 0 radical (unpaired) electrons. The van der Waals surface area contributed by atoms with Gasteiger partial charge in [-0.15, -0.1) is 0 Å². The van der Waals surface area contributed by atoms with Crippen LogP contribution in [-0.4, -0.2) is 4.98 Å². The molecule has 1 aromatic heterocycles. The van der Waals surface area contributed by atoms with E-state index in [0.717, 1.165) is 18.5 Å². The summed E-state index contributed by atoms with van der Waals surface area (Å²) in [6, 6.07) is 10.4. The van der Waals surface area contributed by atoms with E-state index in [-0.39, 0.29) is 0 Å². The number of nitrogens with two attached hydrogens (primary N) is 1. The minimum absolute atomic E-state index is 0.515. The largest absolute Gasteiger partial charge is 0.325 e. The third-order valence-corrected chi connectivity index (χ3v) is 2.57. The lowest BCUT2D eigenvalue weighted by atomic mass is 10.1. The van der Waals surface area contributed by atoms with Gasteiger partial charge in [0.2, 0.25) is 0 Å². The van der Waals surface area contributed by atoms with Gasteiger partial charge in [0.25, 0.3) is 0 Å². The number of hydrogen-bond acceptors (Lipinski definition) is 2. The van der Waals surface area contributed by atoms with Crippen LogP contribution in [0.3, 0.4) is 0 Å². The summed E-state index contributed by atoms with van der Waals surface area (Å²) >= 11 is 0. The molecule has 2 nitrogen and oxygen atoms in total. The summed E-state index contributed by atoms with van der Waals surface area (Å²) in [6.07, 6.45) is 2.14. The van der Waals surface area contributed by atoms with Crippen LogP contribution >= 0.6 is 0 Å². The molecular formula is C13H16N2. The Kier molecular flexibility index (Phi) is 2.97. The van der Waals surface area contributed by atoms with E-state index >= 15 is 0 Å². The van der Waals surface area contributed by atoms with Crippen molar-refractivity contribution in [1.29, 1.82) is 0 Å². The van der Waals surface area contributed by atoms with Crippen LogP contribution in [0.5, 0.6) is 0 Å². The monoisotopic (exact) mass is 200 g/mol. The van der Waals surface area contributed by atoms with Crippen LogP contribution in [0.15, 0.2) is 30.3 Å². The zero-order chi connectivity index (χ0) is 10.7. The summed E-state index contributed by atoms with van der Waals surface area (Å²) in [6.45, 7) is 2.69. The molecule has 15 heavy (non-hydrogen) atoms. The normalized spacial score (nSPS) is 10.8. The molecule has 2 rings (SSSR count). The van der Waals surface area contributed by atoms with Gasteiger partial charge < -0.3 is 5.73 Å². The summed E-state index contributed by atoms with van der Waals surface area (Å²) in [5.41, 5.74) is 7.80. The zero-order valence-electron chi connectivity index (χ0n) is 9.03. The van der Waals surface area contributed by atoms with Crippen molar-refractivity contribution in [2.24, 2.45) is 5.73 Å². The number of nitrogens with zero attached hydrogens (tertiary/aromatic N) is 1. The molecule has 2 heteroatoms. The topological polar surface area (TPSA) is 38.9 Å². The molecule has 0 aliphatic heterocycles. The molecule has 0 saturated heterocycles. The quantitative estimate of drug-likeness (QED) is 0.827. The molecule has 0 fully saturated rings. The van der Waals surface area contributed by atoms with Gasteiger partial charge in [0.15, 0.2) is 0 Å². The van der Waals surface area contributed by atoms with Gasteiger partial charge in [-0.05, 0) is 17.9 Å². The zero-order valence-corrected chi connectivity index (χ0v) is 9.03. The van der Waals surface area contributed by atoms with Crippen LogP contribution in [0.2, 0.25) is 0 Å². The van der Waals surface area contributed by atoms with Crippen molar-refractivity contribution < 1.29 is 0 Å². The predicted octanol–water partition coefficient (Wildman–Crippen LogP) is 2.65. The number of aromatic nitrogens is 1. The van der Waals surface area contributed by atoms with Gasteiger partial charge in [-0.2, -0.15) is 0 Å². The average molecular weight is 200 g/mol. The van der Waals surface area contributed by atoms with Gasteiger partial charge in [-0.25, -0.2) is 0 Å². The second-order valence-electron chi connectivity index (χ2n) is 3.74. The average Bonchev–Trinajstić information content (AvgIpc) is 2.29. The molecule has 0 aliphatic carbocycles. The standard InChI is InChI=1S/C13H16N2/c1-2-5-13-12-7-4-3-6-10(12)8-11(9-14)15-13/h3-4,6-8H,2,5,9,14H2,1H3. The lowest BCUT2D eigenvalue weighted by Crippen LogP contribution is -2.02. The van der Waals surface area contributed by atoms with Gasteiger partial charge in [-0.3, -0.25) is 4.98 Å². The fourth-order valence-corrected chi connectivity index (χ4v) is 1.86. The smallest absolute Gasteiger partial charge is 0.0549 e. The third kappa shape index (κ3) is 2.00. The maximum atomic E-state index is 5.64. The van der Waals surface area contributed by atoms with Crippen molar-refractivity contribution in [1.82, 2.24) is 4.98 Å². The Balaban J connectivity index is 2.63. The molecule has 78 valence electrons. The molecule has 2 N–H and O–H groups in total. The summed E-state index contributed by atoms with van der Waals surface area (Å²) in [5, 5.41) is 2.51. The highest BCUT2D eigenvalue weighted by atomic mass is 14.7. The van der Waals surface area contributed by atoms with Crippen molar-refractivity contribution in [2.45, 2.75) is 26.3 Å². The first kappa shape index (κ1) is 10.1. The van der Waals surface area contributed by atoms with Crippen LogP contribution in [-0.2, 0) is 13.0 Å². The summed E-state index contributed by atoms with van der Waals surface area (Å²) in [7, 11) is 0. The van der Waals surface area contributed by atoms with Gasteiger partial charge in [0.1, 0.15) is 0 Å². The number of hydrogen-bond donors (Lipinski definition) is 1. The van der Waals surface area contributed by atoms with Crippen molar-refractivity contribution in [3.05, 3.63) is 41.7 Å². The first-order valence-corrected chi connectivity index (χ1v) is 5.42. The van der Waals surface area contributed by atoms with E-state index in [1.165, 1.54) is 16.5 Å². The summed E-state index contributed by atoms with van der Waals surface area (Å²) in [5.74, 6) is 0. The molecule has 0 saturated carbocycles. The Morgan fingerprint density at radius 3 is 2.80 bits per heavy atom. The molecule has 0 spiro atoms. The minimum atomic E-state index is 0.515. The highest BCUT2D eigenvalue weighted by Gasteiger charge is 2.03. The van der Waals surface area contributed by atoms with Crippen LogP contribution in [0.4, 0.5) is 0 Å². The number of rotatable bonds is 3. The minimum Gasteiger partial charge on any atom is -0.325 e. The van der Waals surface area contributed by atoms with Crippen molar-refractivity contribution in [3.8, 4) is 0 Å². The Bertz CT molecular complexity index is 463. The third-order valence-electron chi connectivity index (χ3n) is 2.57. The van der Waals surface area contributed by atoms with E-state index in [9.17, 15) is 0 Å². The molecule has 0 atom stereocenters. The SMILES string of the molecule is CCCc1nc(CN)cc2ccccc12. The lowest BCUT2D eigenvalue weighted by Gasteiger charge is -2.07. The van der Waals surface area contributed by atoms with Gasteiger partial charge in [0, 0.05) is 17.6 Å². The fourth-order valence-electron chi connectivity index (χ4n) is 1.86. The number of benzene rings is 1. The van der Waals surface area contributed by atoms with E-state index in [4.69, 9.17) is 5.73 Å². The fraction of sp³-hybridized carbons (Fsp3) is 0.308. The molecule has 1 aromatic carbocycles. The predicted molar refractivity (Wildman–Crippen MR) is 63.6 cm³/mol. The second kappa shape index (κ2) is 4.41. The summed E-state index contributed by atoms with van der Waals surface area (Å²) < 4.78 is 0. The molecular weight excluding hydrogens is 184 g/mol. The Labute approximate surface area is 90.1 Å². The van der Waals surface area contributed by atoms with Gasteiger partial charge in [-0.1, -0.05) is 37.6 Å². The molecule has 2 aromatic rings. The van der Waals surface area contributed by atoms with E-state index in [2.05, 4.69) is 42.2 Å². The van der Waals surface area contributed by atoms with E-state index < -0.39 is 0 Å². The molecule has 0 amide bonds. The second-order valence-corrected chi connectivity index (χ2v) is 3.74. The van der Waals surface area contributed by atoms with Crippen LogP contribution < -0.4 is 5.73 Å². The maximum absolute atomic E-state index is 5.64. The molecule has 0 unspecified atom stereocenters. The Morgan fingerprint density at radius 1 is 1.27 bits per heavy atom. The highest BCUT2D eigenvalue weighted by Crippen LogP contribution is 2.19. The Morgan fingerprint density at radius 2 is 2.07 bits per heavy atom. The highest BCUT2D eigenvalue weighted by molar-refractivity contribution is 5.84. The first-order valence-electron chi connectivity index (χ1n) is 5.42. The van der Waals surface area contributed by atoms with Crippen molar-refractivity contribution in [3.63, 3.8) is 0 Å². The van der Waals surface area contributed by atoms with Gasteiger partial charge in [0.05, 0.1) is 5.69 Å². The Hall–Kier alpha value is -1.41. The van der Waals surface area contributed by atoms with Crippen molar-refractivity contribution >= 4 is 10.8 Å². The van der Waals surface area contributed by atoms with Crippen LogP contribution in [0, 0.1) is 0 Å². The number of aryl methyl sites for hydroxylation is 1. The first-order chi connectivity index (χ1) is 7.35. The lowest BCUT2D eigenvalue weighted by molar-refractivity contribution is 0.868. The maximum Gasteiger partial charge on any atom is 0.0549 e. The summed E-state index contributed by atoms with van der Waals surface area (Å²) in [4.78, 5) is 4.58. The van der Waals surface area contributed by atoms with Crippen LogP contribution in [0.25, 0.3) is 10.8 Å². The number of pyridine rings is 1.